The Hall–Kier alpha value is -3.66. The van der Waals surface area contributed by atoms with Crippen LogP contribution in [-0.2, 0) is 0 Å². The topological polar surface area (TPSA) is 51.2 Å². The summed E-state index contributed by atoms with van der Waals surface area (Å²) in [5.74, 6) is 0.659. The molecule has 1 amide bonds. The summed E-state index contributed by atoms with van der Waals surface area (Å²) in [6.07, 6.45) is 1.67. The van der Waals surface area contributed by atoms with E-state index >= 15 is 0 Å². The molecule has 0 aliphatic carbocycles. The van der Waals surface area contributed by atoms with Crippen molar-refractivity contribution in [2.24, 2.45) is 0 Å². The minimum atomic E-state index is -0.159. The van der Waals surface area contributed by atoms with Crippen molar-refractivity contribution in [1.29, 1.82) is 0 Å². The van der Waals surface area contributed by atoms with Gasteiger partial charge in [-0.05, 0) is 47.5 Å². The monoisotopic (exact) mass is 354 g/mol. The van der Waals surface area contributed by atoms with Gasteiger partial charge in [0.1, 0.15) is 5.75 Å². The molecular weight excluding hydrogens is 336 g/mol. The lowest BCUT2D eigenvalue weighted by atomic mass is 10.0. The lowest BCUT2D eigenvalue weighted by Gasteiger charge is -2.08. The van der Waals surface area contributed by atoms with Crippen LogP contribution in [0.3, 0.4) is 0 Å². The summed E-state index contributed by atoms with van der Waals surface area (Å²) < 4.78 is 5.18. The van der Waals surface area contributed by atoms with Gasteiger partial charge < -0.3 is 10.1 Å². The summed E-state index contributed by atoms with van der Waals surface area (Å²) in [4.78, 5) is 16.9. The highest BCUT2D eigenvalue weighted by Gasteiger charge is 2.08. The van der Waals surface area contributed by atoms with Crippen LogP contribution in [0, 0.1) is 0 Å². The van der Waals surface area contributed by atoms with Gasteiger partial charge in [0.15, 0.2) is 0 Å². The first kappa shape index (κ1) is 16.8. The summed E-state index contributed by atoms with van der Waals surface area (Å²) in [6, 6.07) is 25.1. The number of rotatable bonds is 4. The van der Waals surface area contributed by atoms with E-state index < -0.39 is 0 Å². The molecule has 27 heavy (non-hydrogen) atoms. The van der Waals surface area contributed by atoms with Crippen LogP contribution in [0.4, 0.5) is 5.69 Å². The van der Waals surface area contributed by atoms with Crippen molar-refractivity contribution in [2.75, 3.05) is 12.4 Å². The van der Waals surface area contributed by atoms with Crippen molar-refractivity contribution >= 4 is 22.5 Å². The van der Waals surface area contributed by atoms with Crippen LogP contribution in [0.1, 0.15) is 10.4 Å². The van der Waals surface area contributed by atoms with Crippen LogP contribution >= 0.6 is 0 Å². The van der Waals surface area contributed by atoms with Gasteiger partial charge in [-0.25, -0.2) is 0 Å². The Morgan fingerprint density at radius 3 is 2.26 bits per heavy atom. The fourth-order valence-corrected chi connectivity index (χ4v) is 2.94. The minimum Gasteiger partial charge on any atom is -0.497 e. The van der Waals surface area contributed by atoms with Gasteiger partial charge in [-0.1, -0.05) is 42.5 Å². The maximum absolute atomic E-state index is 12.5. The first-order valence-corrected chi connectivity index (χ1v) is 8.63. The number of nitrogens with one attached hydrogen (secondary N) is 1. The maximum Gasteiger partial charge on any atom is 0.255 e. The number of benzene rings is 3. The Bertz CT molecular complexity index is 1090. The molecule has 0 saturated carbocycles. The number of ether oxygens (including phenoxy) is 1. The Morgan fingerprint density at radius 1 is 0.889 bits per heavy atom. The molecule has 4 aromatic rings. The predicted octanol–water partition coefficient (Wildman–Crippen LogP) is 5.16. The van der Waals surface area contributed by atoms with Gasteiger partial charge in [-0.3, -0.25) is 9.78 Å². The van der Waals surface area contributed by atoms with Crippen molar-refractivity contribution in [3.05, 3.63) is 90.6 Å². The molecule has 0 bridgehead atoms. The van der Waals surface area contributed by atoms with Crippen molar-refractivity contribution in [3.8, 4) is 16.9 Å². The van der Waals surface area contributed by atoms with E-state index in [1.165, 1.54) is 0 Å². The van der Waals surface area contributed by atoms with E-state index in [-0.39, 0.29) is 5.91 Å². The number of nitrogens with zero attached hydrogens (tertiary/aromatic N) is 1. The first-order valence-electron chi connectivity index (χ1n) is 8.63. The highest BCUT2D eigenvalue weighted by molar-refractivity contribution is 6.05. The number of hydrogen-bond acceptors (Lipinski definition) is 3. The molecule has 4 rings (SSSR count). The Morgan fingerprint density at radius 2 is 1.56 bits per heavy atom. The zero-order chi connectivity index (χ0) is 18.6. The van der Waals surface area contributed by atoms with Crippen molar-refractivity contribution < 1.29 is 9.53 Å². The summed E-state index contributed by atoms with van der Waals surface area (Å²) in [5, 5.41) is 3.90. The number of hydrogen-bond donors (Lipinski definition) is 1. The van der Waals surface area contributed by atoms with Gasteiger partial charge in [-0.15, -0.1) is 0 Å². The van der Waals surface area contributed by atoms with Crippen molar-refractivity contribution in [2.45, 2.75) is 0 Å². The largest absolute Gasteiger partial charge is 0.497 e. The molecule has 0 saturated heterocycles. The number of pyridine rings is 1. The third-order valence-corrected chi connectivity index (χ3v) is 4.42. The molecule has 132 valence electrons. The van der Waals surface area contributed by atoms with E-state index in [1.54, 1.807) is 13.3 Å². The van der Waals surface area contributed by atoms with Gasteiger partial charge in [0, 0.05) is 10.9 Å². The highest BCUT2D eigenvalue weighted by Crippen LogP contribution is 2.23. The second kappa shape index (κ2) is 7.30. The lowest BCUT2D eigenvalue weighted by Crippen LogP contribution is -2.11. The first-order chi connectivity index (χ1) is 13.2. The van der Waals surface area contributed by atoms with Crippen LogP contribution < -0.4 is 10.1 Å². The molecule has 0 spiro atoms. The normalized spacial score (nSPS) is 10.6. The smallest absolute Gasteiger partial charge is 0.255 e. The fraction of sp³-hybridized carbons (Fsp3) is 0.0435. The molecule has 0 radical (unpaired) electrons. The molecule has 0 aliphatic rings. The molecule has 3 aromatic carbocycles. The molecule has 1 aromatic heterocycles. The number of aromatic nitrogens is 1. The molecular formula is C23H18N2O2. The predicted molar refractivity (Wildman–Crippen MR) is 108 cm³/mol. The average Bonchev–Trinajstić information content (AvgIpc) is 2.74. The zero-order valence-electron chi connectivity index (χ0n) is 14.8. The van der Waals surface area contributed by atoms with Crippen LogP contribution in [0.25, 0.3) is 22.0 Å². The maximum atomic E-state index is 12.5. The number of anilines is 1. The third-order valence-electron chi connectivity index (χ3n) is 4.42. The fourth-order valence-electron chi connectivity index (χ4n) is 2.94. The standard InChI is InChI=1S/C23H18N2O2/c1-27-21-12-10-17(11-13-21)16-6-8-18(9-7-16)23(26)25-20-14-19-4-2-3-5-22(19)24-15-20/h2-15H,1H3,(H,25,26). The van der Waals surface area contributed by atoms with E-state index in [0.29, 0.717) is 11.3 Å². The average molecular weight is 354 g/mol. The van der Waals surface area contributed by atoms with Crippen LogP contribution in [0.15, 0.2) is 85.1 Å². The molecule has 1 N–H and O–H groups in total. The number of carbonyl (C=O) groups is 1. The van der Waals surface area contributed by atoms with E-state index in [4.69, 9.17) is 4.74 Å². The minimum absolute atomic E-state index is 0.159. The lowest BCUT2D eigenvalue weighted by molar-refractivity contribution is 0.102. The molecule has 0 fully saturated rings. The SMILES string of the molecule is COc1ccc(-c2ccc(C(=O)Nc3cnc4ccccc4c3)cc2)cc1. The van der Waals surface area contributed by atoms with Gasteiger partial charge in [0.05, 0.1) is 24.5 Å². The van der Waals surface area contributed by atoms with Crippen LogP contribution in [0.5, 0.6) is 5.75 Å². The Kier molecular flexibility index (Phi) is 4.54. The molecule has 0 atom stereocenters. The van der Waals surface area contributed by atoms with E-state index in [9.17, 15) is 4.79 Å². The number of fused-ring (bicyclic) bond motifs is 1. The zero-order valence-corrected chi connectivity index (χ0v) is 14.8. The summed E-state index contributed by atoms with van der Waals surface area (Å²) in [5.41, 5.74) is 4.29. The number of amides is 1. The molecule has 1 heterocycles. The van der Waals surface area contributed by atoms with Crippen LogP contribution in [-0.4, -0.2) is 18.0 Å². The van der Waals surface area contributed by atoms with E-state index in [2.05, 4.69) is 10.3 Å². The molecule has 0 aliphatic heterocycles. The van der Waals surface area contributed by atoms with E-state index in [1.807, 2.05) is 78.9 Å². The third kappa shape index (κ3) is 3.65. The van der Waals surface area contributed by atoms with E-state index in [0.717, 1.165) is 27.8 Å². The second-order valence-electron chi connectivity index (χ2n) is 6.18. The summed E-state index contributed by atoms with van der Waals surface area (Å²) >= 11 is 0. The Labute approximate surface area is 157 Å². The Balaban J connectivity index is 1.51. The second-order valence-corrected chi connectivity index (χ2v) is 6.18. The van der Waals surface area contributed by atoms with Gasteiger partial charge in [-0.2, -0.15) is 0 Å². The van der Waals surface area contributed by atoms with Crippen molar-refractivity contribution in [1.82, 2.24) is 4.98 Å². The number of para-hydroxylation sites is 1. The number of methoxy groups -OCH3 is 1. The van der Waals surface area contributed by atoms with Gasteiger partial charge >= 0.3 is 0 Å². The van der Waals surface area contributed by atoms with Crippen molar-refractivity contribution in [3.63, 3.8) is 0 Å². The van der Waals surface area contributed by atoms with Gasteiger partial charge in [0.2, 0.25) is 0 Å². The summed E-state index contributed by atoms with van der Waals surface area (Å²) in [7, 11) is 1.65. The number of carbonyl (C=O) groups excluding carboxylic acids is 1. The van der Waals surface area contributed by atoms with Crippen LogP contribution in [0.2, 0.25) is 0 Å². The van der Waals surface area contributed by atoms with Gasteiger partial charge in [0.25, 0.3) is 5.91 Å². The quantitative estimate of drug-likeness (QED) is 0.550. The highest BCUT2D eigenvalue weighted by atomic mass is 16.5. The summed E-state index contributed by atoms with van der Waals surface area (Å²) in [6.45, 7) is 0. The molecule has 0 unspecified atom stereocenters. The molecule has 4 nitrogen and oxygen atoms in total. The molecule has 4 heteroatoms.